The van der Waals surface area contributed by atoms with Crippen LogP contribution in [0.5, 0.6) is 0 Å². The van der Waals surface area contributed by atoms with Crippen molar-refractivity contribution in [3.05, 3.63) is 46.6 Å². The summed E-state index contributed by atoms with van der Waals surface area (Å²) >= 11 is 6.12. The van der Waals surface area contributed by atoms with Crippen molar-refractivity contribution in [3.8, 4) is 6.07 Å². The van der Waals surface area contributed by atoms with Gasteiger partial charge in [-0.05, 0) is 51.0 Å². The number of amides is 1. The molecule has 25 heavy (non-hydrogen) atoms. The lowest BCUT2D eigenvalue weighted by molar-refractivity contribution is -0.128. The summed E-state index contributed by atoms with van der Waals surface area (Å²) in [4.78, 5) is 16.5. The van der Waals surface area contributed by atoms with E-state index in [0.717, 1.165) is 42.9 Å². The van der Waals surface area contributed by atoms with Crippen molar-refractivity contribution in [3.63, 3.8) is 0 Å². The van der Waals surface area contributed by atoms with Crippen LogP contribution in [0.25, 0.3) is 0 Å². The van der Waals surface area contributed by atoms with Gasteiger partial charge in [-0.15, -0.1) is 0 Å². The normalized spacial score (nSPS) is 16.3. The number of hydrogen-bond donors (Lipinski definition) is 1. The van der Waals surface area contributed by atoms with Crippen molar-refractivity contribution in [2.24, 2.45) is 0 Å². The van der Waals surface area contributed by atoms with Gasteiger partial charge in [-0.25, -0.2) is 0 Å². The van der Waals surface area contributed by atoms with Crippen molar-refractivity contribution in [2.75, 3.05) is 33.7 Å². The standard InChI is InChI=1S/C19H25ClN4O/c1-23-11-8-17(9-12-23)24(2)19(25)16(13-21)14-22-10-7-15-5-3-4-6-18(15)20/h3-6,14,17,22H,7-12H2,1-2H3/b16-14-. The minimum absolute atomic E-state index is 0.139. The Balaban J connectivity index is 1.87. The molecule has 0 aromatic heterocycles. The Kier molecular flexibility index (Phi) is 7.30. The Morgan fingerprint density at radius 3 is 2.76 bits per heavy atom. The Morgan fingerprint density at radius 2 is 2.12 bits per heavy atom. The van der Waals surface area contributed by atoms with E-state index >= 15 is 0 Å². The van der Waals surface area contributed by atoms with Gasteiger partial charge in [0.25, 0.3) is 5.91 Å². The van der Waals surface area contributed by atoms with Crippen molar-refractivity contribution < 1.29 is 4.79 Å². The largest absolute Gasteiger partial charge is 0.389 e. The summed E-state index contributed by atoms with van der Waals surface area (Å²) < 4.78 is 0. The van der Waals surface area contributed by atoms with Crippen molar-refractivity contribution in [2.45, 2.75) is 25.3 Å². The van der Waals surface area contributed by atoms with Gasteiger partial charge in [0.1, 0.15) is 11.6 Å². The van der Waals surface area contributed by atoms with Crippen LogP contribution in [0.15, 0.2) is 36.0 Å². The summed E-state index contributed by atoms with van der Waals surface area (Å²) in [5.74, 6) is -0.220. The van der Waals surface area contributed by atoms with Gasteiger partial charge in [-0.3, -0.25) is 4.79 Å². The number of carbonyl (C=O) groups is 1. The quantitative estimate of drug-likeness (QED) is 0.481. The fraction of sp³-hybridized carbons (Fsp3) is 0.474. The Hall–Kier alpha value is -2.03. The SMILES string of the molecule is CN1CCC(N(C)C(=O)/C(C#N)=C\NCCc2ccccc2Cl)CC1. The highest BCUT2D eigenvalue weighted by molar-refractivity contribution is 6.31. The number of carbonyl (C=O) groups excluding carboxylic acids is 1. The maximum atomic E-state index is 12.5. The van der Waals surface area contributed by atoms with E-state index in [1.165, 1.54) is 6.20 Å². The van der Waals surface area contributed by atoms with Gasteiger partial charge in [0.2, 0.25) is 0 Å². The Morgan fingerprint density at radius 1 is 1.44 bits per heavy atom. The van der Waals surface area contributed by atoms with Gasteiger partial charge in [0.15, 0.2) is 0 Å². The molecule has 1 fully saturated rings. The van der Waals surface area contributed by atoms with Crippen LogP contribution in [0.4, 0.5) is 0 Å². The summed E-state index contributed by atoms with van der Waals surface area (Å²) in [7, 11) is 3.87. The first-order valence-corrected chi connectivity index (χ1v) is 8.93. The average Bonchev–Trinajstić information content (AvgIpc) is 2.63. The molecule has 0 aliphatic carbocycles. The summed E-state index contributed by atoms with van der Waals surface area (Å²) in [6, 6.07) is 9.87. The molecular weight excluding hydrogens is 336 g/mol. The van der Waals surface area contributed by atoms with Crippen LogP contribution in [0.2, 0.25) is 5.02 Å². The molecule has 0 atom stereocenters. The molecule has 0 spiro atoms. The number of likely N-dealkylation sites (N-methyl/N-ethyl adjacent to an activating group) is 1. The van der Waals surface area contributed by atoms with E-state index in [2.05, 4.69) is 17.3 Å². The van der Waals surface area contributed by atoms with Gasteiger partial charge in [0.05, 0.1) is 0 Å². The van der Waals surface area contributed by atoms with E-state index in [1.54, 1.807) is 11.9 Å². The zero-order valence-electron chi connectivity index (χ0n) is 14.8. The Bertz CT molecular complexity index is 660. The molecule has 1 N–H and O–H groups in total. The van der Waals surface area contributed by atoms with E-state index < -0.39 is 0 Å². The number of nitrogens with one attached hydrogen (secondary N) is 1. The predicted molar refractivity (Wildman–Crippen MR) is 100 cm³/mol. The van der Waals surface area contributed by atoms with Crippen LogP contribution in [0.1, 0.15) is 18.4 Å². The summed E-state index contributed by atoms with van der Waals surface area (Å²) in [5.41, 5.74) is 1.18. The molecule has 1 aromatic rings. The van der Waals surface area contributed by atoms with Crippen LogP contribution < -0.4 is 5.32 Å². The molecule has 0 unspecified atom stereocenters. The molecule has 1 saturated heterocycles. The minimum atomic E-state index is -0.220. The number of rotatable bonds is 6. The minimum Gasteiger partial charge on any atom is -0.389 e. The molecule has 1 amide bonds. The molecule has 1 aliphatic rings. The van der Waals surface area contributed by atoms with Crippen molar-refractivity contribution in [1.82, 2.24) is 15.1 Å². The number of piperidine rings is 1. The lowest BCUT2D eigenvalue weighted by Gasteiger charge is -2.34. The first-order valence-electron chi connectivity index (χ1n) is 8.55. The third kappa shape index (κ3) is 5.48. The fourth-order valence-corrected chi connectivity index (χ4v) is 3.19. The smallest absolute Gasteiger partial charge is 0.265 e. The molecule has 1 aromatic carbocycles. The van der Waals surface area contributed by atoms with Crippen LogP contribution >= 0.6 is 11.6 Å². The maximum absolute atomic E-state index is 12.5. The van der Waals surface area contributed by atoms with E-state index in [-0.39, 0.29) is 17.5 Å². The molecule has 0 radical (unpaired) electrons. The van der Waals surface area contributed by atoms with Gasteiger partial charge >= 0.3 is 0 Å². The maximum Gasteiger partial charge on any atom is 0.265 e. The highest BCUT2D eigenvalue weighted by Gasteiger charge is 2.25. The van der Waals surface area contributed by atoms with Crippen molar-refractivity contribution in [1.29, 1.82) is 5.26 Å². The van der Waals surface area contributed by atoms with Crippen LogP contribution in [0, 0.1) is 11.3 Å². The highest BCUT2D eigenvalue weighted by Crippen LogP contribution is 2.16. The Labute approximate surface area is 154 Å². The number of benzene rings is 1. The van der Waals surface area contributed by atoms with Gasteiger partial charge in [-0.1, -0.05) is 29.8 Å². The molecule has 1 aliphatic heterocycles. The second-order valence-corrected chi connectivity index (χ2v) is 6.82. The third-order valence-electron chi connectivity index (χ3n) is 4.65. The monoisotopic (exact) mass is 360 g/mol. The molecule has 5 nitrogen and oxygen atoms in total. The van der Waals surface area contributed by atoms with Gasteiger partial charge in [-0.2, -0.15) is 5.26 Å². The lowest BCUT2D eigenvalue weighted by Crippen LogP contribution is -2.45. The van der Waals surface area contributed by atoms with Crippen molar-refractivity contribution >= 4 is 17.5 Å². The number of hydrogen-bond acceptors (Lipinski definition) is 4. The average molecular weight is 361 g/mol. The first-order chi connectivity index (χ1) is 12.0. The summed E-state index contributed by atoms with van der Waals surface area (Å²) in [6.45, 7) is 2.56. The molecular formula is C19H25ClN4O. The van der Waals surface area contributed by atoms with Gasteiger partial charge in [0, 0.05) is 30.9 Å². The summed E-state index contributed by atoms with van der Waals surface area (Å²) in [6.07, 6.45) is 4.13. The van der Waals surface area contributed by atoms with Crippen LogP contribution in [0.3, 0.4) is 0 Å². The lowest BCUT2D eigenvalue weighted by atomic mass is 10.0. The molecule has 6 heteroatoms. The number of nitriles is 1. The molecule has 0 bridgehead atoms. The number of likely N-dealkylation sites (tertiary alicyclic amines) is 1. The summed E-state index contributed by atoms with van der Waals surface area (Å²) in [5, 5.41) is 13.1. The highest BCUT2D eigenvalue weighted by atomic mass is 35.5. The van der Waals surface area contributed by atoms with Crippen LogP contribution in [-0.2, 0) is 11.2 Å². The second-order valence-electron chi connectivity index (χ2n) is 6.42. The molecule has 1 heterocycles. The van der Waals surface area contributed by atoms with E-state index in [9.17, 15) is 10.1 Å². The first kappa shape index (κ1) is 19.3. The van der Waals surface area contributed by atoms with E-state index in [4.69, 9.17) is 11.6 Å². The topological polar surface area (TPSA) is 59.4 Å². The molecule has 2 rings (SSSR count). The zero-order chi connectivity index (χ0) is 18.2. The zero-order valence-corrected chi connectivity index (χ0v) is 15.6. The van der Waals surface area contributed by atoms with E-state index in [1.807, 2.05) is 30.3 Å². The second kappa shape index (κ2) is 9.45. The van der Waals surface area contributed by atoms with Gasteiger partial charge < -0.3 is 15.1 Å². The molecule has 134 valence electrons. The third-order valence-corrected chi connectivity index (χ3v) is 5.02. The molecule has 0 saturated carbocycles. The van der Waals surface area contributed by atoms with E-state index in [0.29, 0.717) is 6.54 Å². The predicted octanol–water partition coefficient (Wildman–Crippen LogP) is 2.43. The van der Waals surface area contributed by atoms with Crippen LogP contribution in [-0.4, -0.2) is 55.5 Å². The number of halogens is 1. The number of nitrogens with zero attached hydrogens (tertiary/aromatic N) is 3. The fourth-order valence-electron chi connectivity index (χ4n) is 2.96.